The van der Waals surface area contributed by atoms with Crippen LogP contribution in [0.2, 0.25) is 0 Å². The fraction of sp³-hybridized carbons (Fsp3) is 0. The zero-order chi connectivity index (χ0) is 28.8. The Bertz CT molecular complexity index is 2630. The molecule has 0 aliphatic heterocycles. The molecular weight excluding hydrogens is 575 g/mol. The maximum absolute atomic E-state index is 6.49. The van der Waals surface area contributed by atoms with Crippen LogP contribution in [-0.2, 0) is 0 Å². The minimum Gasteiger partial charge on any atom is -0.455 e. The molecule has 10 aromatic rings. The molecule has 0 fully saturated rings. The van der Waals surface area contributed by atoms with Crippen molar-refractivity contribution < 1.29 is 4.42 Å². The zero-order valence-electron chi connectivity index (χ0n) is 23.5. The standard InChI is InChI=1S/C40H23NOS2/c1-4-10-35-28(7-1)31-18-14-24-13-15-25(21-32(24)40(31)42-35)41(26-16-19-38-33(22-26)29-8-2-5-11-36(29)43-38)27-17-20-39-34(23-27)30-9-3-6-12-37(30)44-39/h1-23H. The van der Waals surface area contributed by atoms with E-state index in [1.54, 1.807) is 0 Å². The molecular formula is C40H23NOS2. The van der Waals surface area contributed by atoms with Crippen molar-refractivity contribution in [1.82, 2.24) is 0 Å². The highest BCUT2D eigenvalue weighted by Crippen LogP contribution is 2.44. The van der Waals surface area contributed by atoms with Crippen molar-refractivity contribution in [2.75, 3.05) is 4.90 Å². The average molecular weight is 598 g/mol. The third-order valence-electron chi connectivity index (χ3n) is 8.84. The number of hydrogen-bond acceptors (Lipinski definition) is 4. The lowest BCUT2D eigenvalue weighted by Crippen LogP contribution is -2.09. The molecule has 0 unspecified atom stereocenters. The van der Waals surface area contributed by atoms with Crippen LogP contribution in [0.5, 0.6) is 0 Å². The van der Waals surface area contributed by atoms with Gasteiger partial charge in [0.15, 0.2) is 0 Å². The SMILES string of the molecule is c1ccc2c(c1)oc1c3cc(N(c4ccc5sc6ccccc6c5c4)c4ccc5sc6ccccc6c5c4)ccc3ccc21. The number of para-hydroxylation sites is 1. The molecule has 4 heteroatoms. The summed E-state index contributed by atoms with van der Waals surface area (Å²) in [5, 5.41) is 9.76. The summed E-state index contributed by atoms with van der Waals surface area (Å²) in [4.78, 5) is 2.40. The first-order valence-electron chi connectivity index (χ1n) is 14.8. The summed E-state index contributed by atoms with van der Waals surface area (Å²) in [6.45, 7) is 0. The van der Waals surface area contributed by atoms with Crippen LogP contribution in [-0.4, -0.2) is 0 Å². The monoisotopic (exact) mass is 597 g/mol. The molecule has 10 rings (SSSR count). The highest BCUT2D eigenvalue weighted by Gasteiger charge is 2.18. The molecule has 0 bridgehead atoms. The number of anilines is 3. The van der Waals surface area contributed by atoms with Gasteiger partial charge in [-0.2, -0.15) is 0 Å². The van der Waals surface area contributed by atoms with E-state index in [1.807, 2.05) is 28.7 Å². The normalized spacial score (nSPS) is 12.1. The predicted molar refractivity (Wildman–Crippen MR) is 192 cm³/mol. The highest BCUT2D eigenvalue weighted by atomic mass is 32.1. The van der Waals surface area contributed by atoms with Gasteiger partial charge in [-0.05, 0) is 78.2 Å². The Labute approximate surface area is 260 Å². The van der Waals surface area contributed by atoms with E-state index >= 15 is 0 Å². The van der Waals surface area contributed by atoms with Crippen LogP contribution in [0.3, 0.4) is 0 Å². The first kappa shape index (κ1) is 24.3. The van der Waals surface area contributed by atoms with E-state index in [2.05, 4.69) is 138 Å². The number of hydrogen-bond donors (Lipinski definition) is 0. The molecule has 0 saturated carbocycles. The number of nitrogens with zero attached hydrogens (tertiary/aromatic N) is 1. The average Bonchev–Trinajstić information content (AvgIpc) is 3.76. The number of benzene rings is 7. The molecule has 206 valence electrons. The fourth-order valence-electron chi connectivity index (χ4n) is 6.78. The van der Waals surface area contributed by atoms with Crippen molar-refractivity contribution in [2.24, 2.45) is 0 Å². The van der Waals surface area contributed by atoms with Gasteiger partial charge in [0, 0.05) is 73.6 Å². The summed E-state index contributed by atoms with van der Waals surface area (Å²) in [6, 6.07) is 50.7. The van der Waals surface area contributed by atoms with Crippen molar-refractivity contribution in [3.63, 3.8) is 0 Å². The lowest BCUT2D eigenvalue weighted by atomic mass is 10.0. The van der Waals surface area contributed by atoms with Gasteiger partial charge in [-0.25, -0.2) is 0 Å². The molecule has 0 saturated heterocycles. The molecule has 0 amide bonds. The number of thiophene rings is 2. The molecule has 3 heterocycles. The van der Waals surface area contributed by atoms with Crippen LogP contribution in [0.1, 0.15) is 0 Å². The quantitative estimate of drug-likeness (QED) is 0.201. The maximum atomic E-state index is 6.49. The van der Waals surface area contributed by atoms with Crippen molar-refractivity contribution in [3.8, 4) is 0 Å². The van der Waals surface area contributed by atoms with E-state index in [1.165, 1.54) is 45.7 Å². The Hall–Kier alpha value is -5.16. The van der Waals surface area contributed by atoms with Gasteiger partial charge in [-0.3, -0.25) is 0 Å². The highest BCUT2D eigenvalue weighted by molar-refractivity contribution is 7.26. The Morgan fingerprint density at radius 3 is 1.55 bits per heavy atom. The summed E-state index contributed by atoms with van der Waals surface area (Å²) in [6.07, 6.45) is 0. The summed E-state index contributed by atoms with van der Waals surface area (Å²) in [5.41, 5.74) is 5.22. The number of furan rings is 1. The summed E-state index contributed by atoms with van der Waals surface area (Å²) < 4.78 is 11.7. The molecule has 0 aliphatic carbocycles. The van der Waals surface area contributed by atoms with Crippen LogP contribution in [0.25, 0.3) is 73.1 Å². The third kappa shape index (κ3) is 3.53. The Morgan fingerprint density at radius 2 is 0.886 bits per heavy atom. The van der Waals surface area contributed by atoms with Crippen LogP contribution in [0.4, 0.5) is 17.1 Å². The number of rotatable bonds is 3. The summed E-state index contributed by atoms with van der Waals surface area (Å²) in [7, 11) is 0. The van der Waals surface area contributed by atoms with Gasteiger partial charge in [0.05, 0.1) is 0 Å². The predicted octanol–water partition coefficient (Wildman–Crippen LogP) is 12.9. The molecule has 0 atom stereocenters. The minimum atomic E-state index is 0.918. The zero-order valence-corrected chi connectivity index (χ0v) is 25.1. The summed E-state index contributed by atoms with van der Waals surface area (Å²) >= 11 is 3.71. The van der Waals surface area contributed by atoms with Crippen LogP contribution in [0, 0.1) is 0 Å². The molecule has 0 aliphatic rings. The lowest BCUT2D eigenvalue weighted by molar-refractivity contribution is 0.672. The van der Waals surface area contributed by atoms with Gasteiger partial charge in [0.2, 0.25) is 0 Å². The van der Waals surface area contributed by atoms with E-state index in [-0.39, 0.29) is 0 Å². The van der Waals surface area contributed by atoms with Crippen molar-refractivity contribution in [3.05, 3.63) is 140 Å². The second-order valence-electron chi connectivity index (χ2n) is 11.3. The molecule has 7 aromatic carbocycles. The molecule has 3 aromatic heterocycles. The summed E-state index contributed by atoms with van der Waals surface area (Å²) in [5.74, 6) is 0. The number of fused-ring (bicyclic) bond motifs is 11. The van der Waals surface area contributed by atoms with E-state index in [0.717, 1.165) is 44.4 Å². The second-order valence-corrected chi connectivity index (χ2v) is 13.5. The fourth-order valence-corrected chi connectivity index (χ4v) is 8.96. The third-order valence-corrected chi connectivity index (χ3v) is 11.1. The molecule has 2 nitrogen and oxygen atoms in total. The van der Waals surface area contributed by atoms with Gasteiger partial charge in [0.1, 0.15) is 11.2 Å². The van der Waals surface area contributed by atoms with Crippen LogP contribution in [0.15, 0.2) is 144 Å². The van der Waals surface area contributed by atoms with E-state index < -0.39 is 0 Å². The van der Waals surface area contributed by atoms with Gasteiger partial charge in [-0.1, -0.05) is 66.7 Å². The molecule has 0 radical (unpaired) electrons. The van der Waals surface area contributed by atoms with Gasteiger partial charge < -0.3 is 9.32 Å². The minimum absolute atomic E-state index is 0.918. The molecule has 0 N–H and O–H groups in total. The topological polar surface area (TPSA) is 16.4 Å². The van der Waals surface area contributed by atoms with Gasteiger partial charge in [-0.15, -0.1) is 22.7 Å². The maximum Gasteiger partial charge on any atom is 0.143 e. The van der Waals surface area contributed by atoms with Crippen LogP contribution >= 0.6 is 22.7 Å². The lowest BCUT2D eigenvalue weighted by Gasteiger charge is -2.26. The van der Waals surface area contributed by atoms with Crippen LogP contribution < -0.4 is 4.90 Å². The van der Waals surface area contributed by atoms with Gasteiger partial charge in [0.25, 0.3) is 0 Å². The smallest absolute Gasteiger partial charge is 0.143 e. The first-order valence-corrected chi connectivity index (χ1v) is 16.4. The molecule has 44 heavy (non-hydrogen) atoms. The van der Waals surface area contributed by atoms with Crippen molar-refractivity contribution in [1.29, 1.82) is 0 Å². The van der Waals surface area contributed by atoms with E-state index in [0.29, 0.717) is 0 Å². The first-order chi connectivity index (χ1) is 21.8. The molecule has 0 spiro atoms. The second kappa shape index (κ2) is 9.17. The van der Waals surface area contributed by atoms with Crippen molar-refractivity contribution >= 4 is 113 Å². The Balaban J connectivity index is 1.26. The van der Waals surface area contributed by atoms with Gasteiger partial charge >= 0.3 is 0 Å². The van der Waals surface area contributed by atoms with E-state index in [4.69, 9.17) is 4.42 Å². The van der Waals surface area contributed by atoms with Crippen molar-refractivity contribution in [2.45, 2.75) is 0 Å². The van der Waals surface area contributed by atoms with E-state index in [9.17, 15) is 0 Å². The Morgan fingerprint density at radius 1 is 0.386 bits per heavy atom. The Kier molecular flexibility index (Phi) is 5.06. The largest absolute Gasteiger partial charge is 0.455 e.